The molecule has 0 aliphatic rings. The normalized spacial score (nSPS) is 10.7. The average molecular weight is 352 g/mol. The molecule has 0 atom stereocenters. The van der Waals surface area contributed by atoms with Crippen molar-refractivity contribution >= 4 is 16.9 Å². The number of carbonyl (C=O) groups is 1. The first kappa shape index (κ1) is 17.7. The molecular formula is C20H20N2O4. The van der Waals surface area contributed by atoms with Gasteiger partial charge in [-0.05, 0) is 49.2 Å². The Morgan fingerprint density at radius 3 is 2.77 bits per heavy atom. The van der Waals surface area contributed by atoms with Gasteiger partial charge in [0, 0.05) is 6.20 Å². The molecule has 0 radical (unpaired) electrons. The molecule has 6 heteroatoms. The number of aryl methyl sites for hydroxylation is 2. The molecule has 0 fully saturated rings. The van der Waals surface area contributed by atoms with Gasteiger partial charge in [0.25, 0.3) is 0 Å². The van der Waals surface area contributed by atoms with Gasteiger partial charge in [-0.3, -0.25) is 9.78 Å². The number of benzene rings is 1. The Balaban J connectivity index is 1.89. The molecule has 3 aromatic rings. The monoisotopic (exact) mass is 352 g/mol. The van der Waals surface area contributed by atoms with E-state index in [9.17, 15) is 9.59 Å². The number of amides is 1. The van der Waals surface area contributed by atoms with E-state index in [1.807, 2.05) is 31.2 Å². The van der Waals surface area contributed by atoms with Crippen molar-refractivity contribution in [3.63, 3.8) is 0 Å². The average Bonchev–Trinajstić information content (AvgIpc) is 2.63. The fourth-order valence-corrected chi connectivity index (χ4v) is 2.92. The second-order valence-corrected chi connectivity index (χ2v) is 6.11. The Labute approximate surface area is 150 Å². The molecule has 0 bridgehead atoms. The standard InChI is InChI=1S/C20H20N2O4/c1-12-8-16(25-3)19-13(2)15(20(24)26-17(19)9-12)10-18(23)22-11-14-6-4-5-7-21-14/h4-9H,10-11H2,1-3H3,(H,22,23). The topological polar surface area (TPSA) is 81.4 Å². The SMILES string of the molecule is COc1cc(C)cc2oc(=O)c(CC(=O)NCc3ccccn3)c(C)c12. The van der Waals surface area contributed by atoms with Crippen LogP contribution in [0.3, 0.4) is 0 Å². The maximum Gasteiger partial charge on any atom is 0.340 e. The first-order chi connectivity index (χ1) is 12.5. The lowest BCUT2D eigenvalue weighted by molar-refractivity contribution is -0.120. The van der Waals surface area contributed by atoms with Crippen LogP contribution in [0.1, 0.15) is 22.4 Å². The van der Waals surface area contributed by atoms with Crippen LogP contribution in [0.25, 0.3) is 11.0 Å². The number of nitrogens with one attached hydrogen (secondary N) is 1. The van der Waals surface area contributed by atoms with E-state index in [4.69, 9.17) is 9.15 Å². The van der Waals surface area contributed by atoms with Gasteiger partial charge in [-0.1, -0.05) is 6.07 Å². The van der Waals surface area contributed by atoms with Crippen LogP contribution in [0.5, 0.6) is 5.75 Å². The van der Waals surface area contributed by atoms with Gasteiger partial charge in [-0.15, -0.1) is 0 Å². The quantitative estimate of drug-likeness (QED) is 0.714. The predicted octanol–water partition coefficient (Wildman–Crippen LogP) is 2.67. The maximum absolute atomic E-state index is 12.4. The lowest BCUT2D eigenvalue weighted by Gasteiger charge is -2.12. The number of hydrogen-bond donors (Lipinski definition) is 1. The summed E-state index contributed by atoms with van der Waals surface area (Å²) >= 11 is 0. The van der Waals surface area contributed by atoms with Crippen LogP contribution in [-0.2, 0) is 17.8 Å². The number of methoxy groups -OCH3 is 1. The lowest BCUT2D eigenvalue weighted by atomic mass is 10.0. The van der Waals surface area contributed by atoms with E-state index >= 15 is 0 Å². The Morgan fingerprint density at radius 1 is 1.27 bits per heavy atom. The minimum Gasteiger partial charge on any atom is -0.496 e. The third-order valence-corrected chi connectivity index (χ3v) is 4.24. The smallest absolute Gasteiger partial charge is 0.340 e. The van der Waals surface area contributed by atoms with Crippen LogP contribution in [0.2, 0.25) is 0 Å². The highest BCUT2D eigenvalue weighted by Crippen LogP contribution is 2.30. The second-order valence-electron chi connectivity index (χ2n) is 6.11. The molecule has 1 N–H and O–H groups in total. The van der Waals surface area contributed by atoms with Crippen molar-refractivity contribution in [2.75, 3.05) is 7.11 Å². The van der Waals surface area contributed by atoms with E-state index in [0.29, 0.717) is 34.4 Å². The van der Waals surface area contributed by atoms with Crippen LogP contribution in [-0.4, -0.2) is 18.0 Å². The molecule has 6 nitrogen and oxygen atoms in total. The third-order valence-electron chi connectivity index (χ3n) is 4.24. The summed E-state index contributed by atoms with van der Waals surface area (Å²) in [5.74, 6) is 0.355. The van der Waals surface area contributed by atoms with Gasteiger partial charge < -0.3 is 14.5 Å². The van der Waals surface area contributed by atoms with Crippen molar-refractivity contribution in [3.8, 4) is 5.75 Å². The molecule has 2 heterocycles. The van der Waals surface area contributed by atoms with E-state index < -0.39 is 5.63 Å². The van der Waals surface area contributed by atoms with E-state index in [-0.39, 0.29) is 12.3 Å². The summed E-state index contributed by atoms with van der Waals surface area (Å²) in [6.07, 6.45) is 1.60. The van der Waals surface area contributed by atoms with E-state index in [0.717, 1.165) is 11.3 Å². The zero-order valence-corrected chi connectivity index (χ0v) is 15.0. The highest BCUT2D eigenvalue weighted by molar-refractivity contribution is 5.89. The molecule has 0 spiro atoms. The fourth-order valence-electron chi connectivity index (χ4n) is 2.92. The first-order valence-electron chi connectivity index (χ1n) is 8.27. The van der Waals surface area contributed by atoms with Gasteiger partial charge in [0.15, 0.2) is 0 Å². The summed E-state index contributed by atoms with van der Waals surface area (Å²) in [6.45, 7) is 4.01. The first-order valence-corrected chi connectivity index (χ1v) is 8.27. The fraction of sp³-hybridized carbons (Fsp3) is 0.250. The van der Waals surface area contributed by atoms with Gasteiger partial charge >= 0.3 is 5.63 Å². The van der Waals surface area contributed by atoms with Gasteiger partial charge in [-0.25, -0.2) is 4.79 Å². The molecule has 0 unspecified atom stereocenters. The van der Waals surface area contributed by atoms with Crippen molar-refractivity contribution in [2.45, 2.75) is 26.8 Å². The largest absolute Gasteiger partial charge is 0.496 e. The van der Waals surface area contributed by atoms with Crippen LogP contribution in [0, 0.1) is 13.8 Å². The molecular weight excluding hydrogens is 332 g/mol. The molecule has 0 aliphatic carbocycles. The van der Waals surface area contributed by atoms with Crippen LogP contribution in [0.4, 0.5) is 0 Å². The number of hydrogen-bond acceptors (Lipinski definition) is 5. The Bertz CT molecular complexity index is 1010. The number of ether oxygens (including phenoxy) is 1. The summed E-state index contributed by atoms with van der Waals surface area (Å²) in [5, 5.41) is 3.49. The van der Waals surface area contributed by atoms with Crippen molar-refractivity contribution < 1.29 is 13.9 Å². The van der Waals surface area contributed by atoms with Crippen molar-refractivity contribution in [2.24, 2.45) is 0 Å². The van der Waals surface area contributed by atoms with E-state index in [1.165, 1.54) is 0 Å². The molecule has 134 valence electrons. The second kappa shape index (κ2) is 7.39. The van der Waals surface area contributed by atoms with Gasteiger partial charge in [-0.2, -0.15) is 0 Å². The number of nitrogens with zero attached hydrogens (tertiary/aromatic N) is 1. The molecule has 1 aromatic carbocycles. The highest BCUT2D eigenvalue weighted by atomic mass is 16.5. The predicted molar refractivity (Wildman–Crippen MR) is 98.3 cm³/mol. The van der Waals surface area contributed by atoms with E-state index in [2.05, 4.69) is 10.3 Å². The number of rotatable bonds is 5. The molecule has 0 saturated heterocycles. The molecule has 0 saturated carbocycles. The Kier molecular flexibility index (Phi) is 5.02. The number of pyridine rings is 1. The molecule has 26 heavy (non-hydrogen) atoms. The molecule has 1 amide bonds. The Hall–Kier alpha value is -3.15. The van der Waals surface area contributed by atoms with E-state index in [1.54, 1.807) is 26.3 Å². The summed E-state index contributed by atoms with van der Waals surface area (Å²) in [7, 11) is 1.57. The minimum absolute atomic E-state index is 0.0615. The van der Waals surface area contributed by atoms with Gasteiger partial charge in [0.1, 0.15) is 11.3 Å². The number of carbonyl (C=O) groups excluding carboxylic acids is 1. The molecule has 3 rings (SSSR count). The minimum atomic E-state index is -0.504. The molecule has 2 aromatic heterocycles. The molecule has 0 aliphatic heterocycles. The Morgan fingerprint density at radius 2 is 2.08 bits per heavy atom. The summed E-state index contributed by atoms with van der Waals surface area (Å²) in [5.41, 5.74) is 2.66. The number of aromatic nitrogens is 1. The summed E-state index contributed by atoms with van der Waals surface area (Å²) in [4.78, 5) is 28.8. The van der Waals surface area contributed by atoms with Gasteiger partial charge in [0.2, 0.25) is 5.91 Å². The zero-order chi connectivity index (χ0) is 18.7. The van der Waals surface area contributed by atoms with Crippen LogP contribution < -0.4 is 15.7 Å². The number of fused-ring (bicyclic) bond motifs is 1. The summed E-state index contributed by atoms with van der Waals surface area (Å²) in [6, 6.07) is 9.15. The van der Waals surface area contributed by atoms with Gasteiger partial charge in [0.05, 0.1) is 36.7 Å². The zero-order valence-electron chi connectivity index (χ0n) is 15.0. The van der Waals surface area contributed by atoms with Crippen molar-refractivity contribution in [1.29, 1.82) is 0 Å². The lowest BCUT2D eigenvalue weighted by Crippen LogP contribution is -2.27. The van der Waals surface area contributed by atoms with Crippen LogP contribution in [0.15, 0.2) is 45.7 Å². The maximum atomic E-state index is 12.4. The third kappa shape index (κ3) is 3.59. The summed E-state index contributed by atoms with van der Waals surface area (Å²) < 4.78 is 10.9. The van der Waals surface area contributed by atoms with Crippen molar-refractivity contribution in [3.05, 3.63) is 69.3 Å². The van der Waals surface area contributed by atoms with Crippen LogP contribution >= 0.6 is 0 Å². The van der Waals surface area contributed by atoms with Crippen molar-refractivity contribution in [1.82, 2.24) is 10.3 Å². The highest BCUT2D eigenvalue weighted by Gasteiger charge is 2.18.